The van der Waals surface area contributed by atoms with Crippen molar-refractivity contribution in [1.29, 1.82) is 0 Å². The molecule has 1 atom stereocenters. The number of rotatable bonds is 11. The molecular weight excluding hydrogens is 352 g/mol. The highest BCUT2D eigenvalue weighted by molar-refractivity contribution is 5.50. The van der Waals surface area contributed by atoms with Crippen LogP contribution in [0.5, 0.6) is 0 Å². The van der Waals surface area contributed by atoms with Gasteiger partial charge in [0.1, 0.15) is 0 Å². The molecule has 0 N–H and O–H groups in total. The second-order valence-electron chi connectivity index (χ2n) is 7.82. The fourth-order valence-electron chi connectivity index (χ4n) is 4.40. The quantitative estimate of drug-likeness (QED) is 0.312. The van der Waals surface area contributed by atoms with Gasteiger partial charge in [0.05, 0.1) is 6.10 Å². The standard InChI is InChI=1S/C28H34O/c1-3-14-27(29-23-4-2)21-22-28(24-15-8-5-9-16-24,25-17-10-6-11-18-25)26-19-12-7-13-20-26/h5-13,15-20,27H,3-4,14,21-23H2,1-2H3. The Bertz CT molecular complexity index is 714. The summed E-state index contributed by atoms with van der Waals surface area (Å²) < 4.78 is 6.23. The fraction of sp³-hybridized carbons (Fsp3) is 0.357. The molecule has 0 bridgehead atoms. The van der Waals surface area contributed by atoms with E-state index in [0.717, 1.165) is 38.7 Å². The predicted molar refractivity (Wildman–Crippen MR) is 123 cm³/mol. The lowest BCUT2D eigenvalue weighted by molar-refractivity contribution is 0.0379. The monoisotopic (exact) mass is 386 g/mol. The Labute approximate surface area is 176 Å². The Morgan fingerprint density at radius 2 is 1.07 bits per heavy atom. The third-order valence-electron chi connectivity index (χ3n) is 5.81. The molecule has 1 heteroatoms. The van der Waals surface area contributed by atoms with Crippen LogP contribution in [0.1, 0.15) is 62.6 Å². The van der Waals surface area contributed by atoms with E-state index in [1.54, 1.807) is 0 Å². The third kappa shape index (κ3) is 5.16. The van der Waals surface area contributed by atoms with Gasteiger partial charge in [-0.3, -0.25) is 0 Å². The summed E-state index contributed by atoms with van der Waals surface area (Å²) in [4.78, 5) is 0. The lowest BCUT2D eigenvalue weighted by atomic mass is 9.66. The molecule has 1 unspecified atom stereocenters. The largest absolute Gasteiger partial charge is 0.378 e. The first-order valence-corrected chi connectivity index (χ1v) is 11.1. The Morgan fingerprint density at radius 3 is 1.45 bits per heavy atom. The second kappa shape index (κ2) is 11.0. The van der Waals surface area contributed by atoms with Crippen LogP contribution in [0, 0.1) is 0 Å². The molecule has 0 saturated heterocycles. The zero-order valence-corrected chi connectivity index (χ0v) is 17.9. The van der Waals surface area contributed by atoms with E-state index in [1.807, 2.05) is 0 Å². The molecule has 3 aromatic rings. The van der Waals surface area contributed by atoms with Crippen molar-refractivity contribution in [3.63, 3.8) is 0 Å². The molecule has 0 heterocycles. The molecule has 0 saturated carbocycles. The molecule has 0 aromatic heterocycles. The van der Waals surface area contributed by atoms with Gasteiger partial charge in [-0.1, -0.05) is 111 Å². The summed E-state index contributed by atoms with van der Waals surface area (Å²) in [6.45, 7) is 5.28. The van der Waals surface area contributed by atoms with E-state index in [-0.39, 0.29) is 5.41 Å². The molecule has 3 aromatic carbocycles. The maximum Gasteiger partial charge on any atom is 0.0575 e. The first kappa shape index (κ1) is 21.3. The van der Waals surface area contributed by atoms with Gasteiger partial charge in [-0.2, -0.15) is 0 Å². The van der Waals surface area contributed by atoms with Gasteiger partial charge in [-0.15, -0.1) is 0 Å². The molecule has 0 fully saturated rings. The van der Waals surface area contributed by atoms with Gasteiger partial charge in [0.25, 0.3) is 0 Å². The smallest absolute Gasteiger partial charge is 0.0575 e. The van der Waals surface area contributed by atoms with Gasteiger partial charge >= 0.3 is 0 Å². The normalized spacial score (nSPS) is 12.6. The second-order valence-corrected chi connectivity index (χ2v) is 7.82. The van der Waals surface area contributed by atoms with Crippen LogP contribution in [-0.2, 0) is 10.2 Å². The van der Waals surface area contributed by atoms with Crippen molar-refractivity contribution < 1.29 is 4.74 Å². The van der Waals surface area contributed by atoms with Crippen molar-refractivity contribution >= 4 is 0 Å². The van der Waals surface area contributed by atoms with Crippen LogP contribution in [0.4, 0.5) is 0 Å². The van der Waals surface area contributed by atoms with Gasteiger partial charge in [0.15, 0.2) is 0 Å². The summed E-state index contributed by atoms with van der Waals surface area (Å²) in [5, 5.41) is 0. The Hall–Kier alpha value is -2.38. The SMILES string of the molecule is CCCOC(CCC)CCC(c1ccccc1)(c1ccccc1)c1ccccc1. The highest BCUT2D eigenvalue weighted by atomic mass is 16.5. The first-order valence-electron chi connectivity index (χ1n) is 11.1. The van der Waals surface area contributed by atoms with Gasteiger partial charge in [0.2, 0.25) is 0 Å². The summed E-state index contributed by atoms with van der Waals surface area (Å²) >= 11 is 0. The minimum Gasteiger partial charge on any atom is -0.378 e. The molecule has 0 aliphatic rings. The first-order chi connectivity index (χ1) is 14.3. The van der Waals surface area contributed by atoms with Crippen LogP contribution in [0.15, 0.2) is 91.0 Å². The Balaban J connectivity index is 2.07. The number of hydrogen-bond donors (Lipinski definition) is 0. The topological polar surface area (TPSA) is 9.23 Å². The van der Waals surface area contributed by atoms with Crippen molar-refractivity contribution in [1.82, 2.24) is 0 Å². The highest BCUT2D eigenvalue weighted by Crippen LogP contribution is 2.43. The Morgan fingerprint density at radius 1 is 0.621 bits per heavy atom. The van der Waals surface area contributed by atoms with E-state index >= 15 is 0 Å². The van der Waals surface area contributed by atoms with Crippen LogP contribution >= 0.6 is 0 Å². The zero-order chi connectivity index (χ0) is 20.4. The number of ether oxygens (including phenoxy) is 1. The minimum atomic E-state index is -0.175. The molecule has 0 aliphatic carbocycles. The minimum absolute atomic E-state index is 0.175. The van der Waals surface area contributed by atoms with Crippen LogP contribution in [0.2, 0.25) is 0 Å². The van der Waals surface area contributed by atoms with Crippen LogP contribution in [-0.4, -0.2) is 12.7 Å². The summed E-state index contributed by atoms with van der Waals surface area (Å²) in [6.07, 6.45) is 5.74. The van der Waals surface area contributed by atoms with Gasteiger partial charge in [0, 0.05) is 12.0 Å². The molecule has 3 rings (SSSR count). The fourth-order valence-corrected chi connectivity index (χ4v) is 4.40. The summed E-state index contributed by atoms with van der Waals surface area (Å²) in [5.74, 6) is 0. The number of hydrogen-bond acceptors (Lipinski definition) is 1. The van der Waals surface area contributed by atoms with Crippen molar-refractivity contribution in [2.45, 2.75) is 57.5 Å². The molecule has 29 heavy (non-hydrogen) atoms. The van der Waals surface area contributed by atoms with Gasteiger partial charge in [-0.25, -0.2) is 0 Å². The van der Waals surface area contributed by atoms with Crippen LogP contribution < -0.4 is 0 Å². The van der Waals surface area contributed by atoms with Crippen molar-refractivity contribution in [2.75, 3.05) is 6.61 Å². The van der Waals surface area contributed by atoms with Crippen molar-refractivity contribution in [3.8, 4) is 0 Å². The highest BCUT2D eigenvalue weighted by Gasteiger charge is 2.36. The van der Waals surface area contributed by atoms with Crippen molar-refractivity contribution in [3.05, 3.63) is 108 Å². The molecule has 0 radical (unpaired) electrons. The summed E-state index contributed by atoms with van der Waals surface area (Å²) in [5.41, 5.74) is 3.88. The molecule has 1 nitrogen and oxygen atoms in total. The zero-order valence-electron chi connectivity index (χ0n) is 17.9. The van der Waals surface area contributed by atoms with Gasteiger partial charge < -0.3 is 4.74 Å². The molecule has 0 spiro atoms. The third-order valence-corrected chi connectivity index (χ3v) is 5.81. The van der Waals surface area contributed by atoms with Crippen LogP contribution in [0.25, 0.3) is 0 Å². The van der Waals surface area contributed by atoms with E-state index in [1.165, 1.54) is 16.7 Å². The number of benzene rings is 3. The lowest BCUT2D eigenvalue weighted by Gasteiger charge is -2.37. The van der Waals surface area contributed by atoms with E-state index < -0.39 is 0 Å². The lowest BCUT2D eigenvalue weighted by Crippen LogP contribution is -2.31. The summed E-state index contributed by atoms with van der Waals surface area (Å²) in [7, 11) is 0. The van der Waals surface area contributed by atoms with E-state index in [2.05, 4.69) is 105 Å². The average molecular weight is 387 g/mol. The molecule has 0 aliphatic heterocycles. The van der Waals surface area contributed by atoms with E-state index in [0.29, 0.717) is 6.10 Å². The average Bonchev–Trinajstić information content (AvgIpc) is 2.80. The van der Waals surface area contributed by atoms with Gasteiger partial charge in [-0.05, 0) is 42.4 Å². The van der Waals surface area contributed by atoms with Crippen molar-refractivity contribution in [2.24, 2.45) is 0 Å². The predicted octanol–water partition coefficient (Wildman–Crippen LogP) is 7.40. The summed E-state index contributed by atoms with van der Waals surface area (Å²) in [6, 6.07) is 33.0. The molecule has 152 valence electrons. The maximum atomic E-state index is 6.23. The molecular formula is C28H34O. The Kier molecular flexibility index (Phi) is 8.07. The van der Waals surface area contributed by atoms with E-state index in [4.69, 9.17) is 4.74 Å². The molecule has 0 amide bonds. The van der Waals surface area contributed by atoms with E-state index in [9.17, 15) is 0 Å². The maximum absolute atomic E-state index is 6.23. The van der Waals surface area contributed by atoms with Crippen LogP contribution in [0.3, 0.4) is 0 Å².